The lowest BCUT2D eigenvalue weighted by molar-refractivity contribution is 0.434. The second-order valence-electron chi connectivity index (χ2n) is 4.57. The predicted octanol–water partition coefficient (Wildman–Crippen LogP) is 3.29. The van der Waals surface area contributed by atoms with Crippen LogP contribution in [0.15, 0.2) is 17.0 Å². The first kappa shape index (κ1) is 16.6. The molecule has 108 valence electrons. The molecular weight excluding hydrogens is 307 g/mol. The minimum Gasteiger partial charge on any atom is -0.396 e. The predicted molar refractivity (Wildman–Crippen MR) is 80.1 cm³/mol. The van der Waals surface area contributed by atoms with E-state index in [1.807, 2.05) is 20.8 Å². The van der Waals surface area contributed by atoms with Crippen molar-refractivity contribution >= 4 is 38.9 Å². The molecule has 0 amide bonds. The fourth-order valence-electron chi connectivity index (χ4n) is 1.53. The van der Waals surface area contributed by atoms with E-state index in [4.69, 9.17) is 28.9 Å². The van der Waals surface area contributed by atoms with Crippen LogP contribution in [0, 0.1) is 5.92 Å². The standard InChI is InChI=1S/C12H18Cl2N2O2S/c1-4-7(2)8(3)16-19(17,18)10-6-5-9(13)12(15)11(10)14/h5-8,16H,4,15H2,1-3H3. The van der Waals surface area contributed by atoms with Crippen molar-refractivity contribution in [3.63, 3.8) is 0 Å². The quantitative estimate of drug-likeness (QED) is 0.816. The molecule has 1 aromatic rings. The van der Waals surface area contributed by atoms with Crippen LogP contribution in [0.25, 0.3) is 0 Å². The largest absolute Gasteiger partial charge is 0.396 e. The fourth-order valence-corrected chi connectivity index (χ4v) is 3.65. The molecule has 0 aromatic heterocycles. The Morgan fingerprint density at radius 3 is 2.42 bits per heavy atom. The summed E-state index contributed by atoms with van der Waals surface area (Å²) in [6.07, 6.45) is 0.875. The molecule has 2 unspecified atom stereocenters. The molecule has 0 radical (unpaired) electrons. The molecule has 1 aromatic carbocycles. The van der Waals surface area contributed by atoms with Gasteiger partial charge in [0.1, 0.15) is 4.90 Å². The zero-order valence-corrected chi connectivity index (χ0v) is 13.4. The summed E-state index contributed by atoms with van der Waals surface area (Å²) in [5.74, 6) is 0.221. The van der Waals surface area contributed by atoms with E-state index in [9.17, 15) is 8.42 Å². The van der Waals surface area contributed by atoms with Gasteiger partial charge in [0.2, 0.25) is 10.0 Å². The highest BCUT2D eigenvalue weighted by atomic mass is 35.5. The first-order valence-electron chi connectivity index (χ1n) is 5.96. The van der Waals surface area contributed by atoms with Crippen molar-refractivity contribution in [3.8, 4) is 0 Å². The van der Waals surface area contributed by atoms with E-state index in [0.717, 1.165) is 6.42 Å². The van der Waals surface area contributed by atoms with Gasteiger partial charge in [-0.25, -0.2) is 13.1 Å². The molecule has 0 fully saturated rings. The van der Waals surface area contributed by atoms with Gasteiger partial charge in [0.25, 0.3) is 0 Å². The van der Waals surface area contributed by atoms with Gasteiger partial charge < -0.3 is 5.73 Å². The Morgan fingerprint density at radius 2 is 1.89 bits per heavy atom. The Hall–Kier alpha value is -0.490. The maximum absolute atomic E-state index is 12.3. The molecule has 0 saturated heterocycles. The fraction of sp³-hybridized carbons (Fsp3) is 0.500. The summed E-state index contributed by atoms with van der Waals surface area (Å²) in [6.45, 7) is 5.80. The van der Waals surface area contributed by atoms with Crippen molar-refractivity contribution < 1.29 is 8.42 Å². The first-order chi connectivity index (χ1) is 8.70. The van der Waals surface area contributed by atoms with Crippen molar-refractivity contribution in [1.29, 1.82) is 0 Å². The van der Waals surface area contributed by atoms with E-state index in [-0.39, 0.29) is 32.6 Å². The Kier molecular flexibility index (Phi) is 5.50. The smallest absolute Gasteiger partial charge is 0.242 e. The van der Waals surface area contributed by atoms with Crippen LogP contribution in [0.1, 0.15) is 27.2 Å². The van der Waals surface area contributed by atoms with Crippen molar-refractivity contribution in [3.05, 3.63) is 22.2 Å². The monoisotopic (exact) mass is 324 g/mol. The number of halogens is 2. The van der Waals surface area contributed by atoms with Gasteiger partial charge in [0.05, 0.1) is 15.7 Å². The van der Waals surface area contributed by atoms with E-state index >= 15 is 0 Å². The molecule has 2 atom stereocenters. The molecule has 0 aliphatic rings. The summed E-state index contributed by atoms with van der Waals surface area (Å²) in [6, 6.07) is 2.58. The summed E-state index contributed by atoms with van der Waals surface area (Å²) >= 11 is 11.7. The number of nitrogens with two attached hydrogens (primary N) is 1. The normalized spacial score (nSPS) is 15.2. The Balaban J connectivity index is 3.12. The van der Waals surface area contributed by atoms with Gasteiger partial charge >= 0.3 is 0 Å². The summed E-state index contributed by atoms with van der Waals surface area (Å²) in [4.78, 5) is -0.0498. The first-order valence-corrected chi connectivity index (χ1v) is 8.20. The topological polar surface area (TPSA) is 72.2 Å². The van der Waals surface area contributed by atoms with Crippen molar-refractivity contribution in [2.24, 2.45) is 5.92 Å². The Morgan fingerprint density at radius 1 is 1.32 bits per heavy atom. The van der Waals surface area contributed by atoms with E-state index in [2.05, 4.69) is 4.72 Å². The molecular formula is C12H18Cl2N2O2S. The molecule has 0 bridgehead atoms. The average molecular weight is 325 g/mol. The highest BCUT2D eigenvalue weighted by molar-refractivity contribution is 7.89. The minimum absolute atomic E-state index is 0.0450. The molecule has 0 aliphatic carbocycles. The van der Waals surface area contributed by atoms with Crippen LogP contribution in [0.5, 0.6) is 0 Å². The van der Waals surface area contributed by atoms with E-state index in [0.29, 0.717) is 0 Å². The molecule has 7 heteroatoms. The molecule has 3 N–H and O–H groups in total. The average Bonchev–Trinajstić information content (AvgIpc) is 2.33. The molecule has 0 heterocycles. The second kappa shape index (κ2) is 6.31. The second-order valence-corrected chi connectivity index (χ2v) is 7.04. The number of rotatable bonds is 5. The highest BCUT2D eigenvalue weighted by Crippen LogP contribution is 2.33. The van der Waals surface area contributed by atoms with Crippen LogP contribution in [-0.2, 0) is 10.0 Å². The van der Waals surface area contributed by atoms with E-state index in [1.54, 1.807) is 0 Å². The lowest BCUT2D eigenvalue weighted by Crippen LogP contribution is -2.37. The third-order valence-corrected chi connectivity index (χ3v) is 5.67. The SMILES string of the molecule is CCC(C)C(C)NS(=O)(=O)c1ccc(Cl)c(N)c1Cl. The zero-order chi connectivity index (χ0) is 14.8. The van der Waals surface area contributed by atoms with Gasteiger partial charge in [0, 0.05) is 6.04 Å². The molecule has 0 aliphatic heterocycles. The maximum atomic E-state index is 12.3. The summed E-state index contributed by atoms with van der Waals surface area (Å²) in [5.41, 5.74) is 5.71. The number of nitrogens with one attached hydrogen (secondary N) is 1. The highest BCUT2D eigenvalue weighted by Gasteiger charge is 2.24. The molecule has 0 spiro atoms. The lowest BCUT2D eigenvalue weighted by Gasteiger charge is -2.20. The third kappa shape index (κ3) is 3.75. The van der Waals surface area contributed by atoms with E-state index in [1.165, 1.54) is 12.1 Å². The number of anilines is 1. The molecule has 0 saturated carbocycles. The van der Waals surface area contributed by atoms with E-state index < -0.39 is 10.0 Å². The molecule has 1 rings (SSSR count). The van der Waals surface area contributed by atoms with Gasteiger partial charge in [-0.3, -0.25) is 0 Å². The number of nitrogen functional groups attached to an aromatic ring is 1. The summed E-state index contributed by atoms with van der Waals surface area (Å²) in [5, 5.41) is 0.190. The maximum Gasteiger partial charge on any atom is 0.242 e. The lowest BCUT2D eigenvalue weighted by atomic mass is 10.0. The van der Waals surface area contributed by atoms with Crippen LogP contribution in [0.3, 0.4) is 0 Å². The van der Waals surface area contributed by atoms with Crippen molar-refractivity contribution in [2.75, 3.05) is 5.73 Å². The number of hydrogen-bond acceptors (Lipinski definition) is 3. The Labute approximate surface area is 124 Å². The summed E-state index contributed by atoms with van der Waals surface area (Å²) < 4.78 is 27.1. The van der Waals surface area contributed by atoms with Crippen LogP contribution >= 0.6 is 23.2 Å². The van der Waals surface area contributed by atoms with Crippen molar-refractivity contribution in [1.82, 2.24) is 4.72 Å². The molecule has 19 heavy (non-hydrogen) atoms. The zero-order valence-electron chi connectivity index (χ0n) is 11.1. The van der Waals surface area contributed by atoms with Crippen molar-refractivity contribution in [2.45, 2.75) is 38.1 Å². The Bertz CT molecular complexity index is 561. The van der Waals surface area contributed by atoms with Crippen LogP contribution in [0.4, 0.5) is 5.69 Å². The van der Waals surface area contributed by atoms with Gasteiger partial charge in [-0.15, -0.1) is 0 Å². The summed E-state index contributed by atoms with van der Waals surface area (Å²) in [7, 11) is -3.71. The van der Waals surface area contributed by atoms with Gasteiger partial charge in [0.15, 0.2) is 0 Å². The third-order valence-electron chi connectivity index (χ3n) is 3.22. The van der Waals surface area contributed by atoms with Gasteiger partial charge in [-0.1, -0.05) is 43.5 Å². The number of benzene rings is 1. The minimum atomic E-state index is -3.71. The number of hydrogen-bond donors (Lipinski definition) is 2. The van der Waals surface area contributed by atoms with Gasteiger partial charge in [-0.05, 0) is 25.0 Å². The van der Waals surface area contributed by atoms with Crippen LogP contribution < -0.4 is 10.5 Å². The van der Waals surface area contributed by atoms with Gasteiger partial charge in [-0.2, -0.15) is 0 Å². The molecule has 4 nitrogen and oxygen atoms in total. The van der Waals surface area contributed by atoms with Crippen LogP contribution in [0.2, 0.25) is 10.0 Å². The number of sulfonamides is 1. The van der Waals surface area contributed by atoms with Crippen LogP contribution in [-0.4, -0.2) is 14.5 Å².